The zero-order valence-electron chi connectivity index (χ0n) is 13.1. The van der Waals surface area contributed by atoms with Crippen molar-refractivity contribution in [3.8, 4) is 0 Å². The second kappa shape index (κ2) is 6.12. The highest BCUT2D eigenvalue weighted by molar-refractivity contribution is 5.74. The van der Waals surface area contributed by atoms with Gasteiger partial charge in [0, 0.05) is 32.1 Å². The van der Waals surface area contributed by atoms with E-state index in [2.05, 4.69) is 10.2 Å². The van der Waals surface area contributed by atoms with Crippen molar-refractivity contribution in [3.05, 3.63) is 5.89 Å². The molecule has 0 spiro atoms. The first-order valence-electron chi connectivity index (χ1n) is 7.81. The standard InChI is InChI=1S/C14H23N5O3/c1-9-7-19(8-10(2)21-9)14(20)18-5-3-11(4-6-18)12-16-17-13(15)22-12/h9-11H,3-8H2,1-2H3,(H2,15,17)/t9-,10+. The van der Waals surface area contributed by atoms with E-state index in [-0.39, 0.29) is 30.2 Å². The van der Waals surface area contributed by atoms with Crippen molar-refractivity contribution in [1.29, 1.82) is 0 Å². The Morgan fingerprint density at radius 2 is 1.77 bits per heavy atom. The second-order valence-corrected chi connectivity index (χ2v) is 6.18. The van der Waals surface area contributed by atoms with Crippen molar-refractivity contribution in [2.24, 2.45) is 0 Å². The molecule has 8 nitrogen and oxygen atoms in total. The van der Waals surface area contributed by atoms with E-state index in [0.717, 1.165) is 12.8 Å². The topological polar surface area (TPSA) is 97.7 Å². The number of hydrogen-bond donors (Lipinski definition) is 1. The molecule has 2 fully saturated rings. The van der Waals surface area contributed by atoms with Crippen LogP contribution in [-0.2, 0) is 4.74 Å². The van der Waals surface area contributed by atoms with E-state index in [9.17, 15) is 4.79 Å². The molecule has 2 amide bonds. The molecule has 0 radical (unpaired) electrons. The number of anilines is 1. The minimum Gasteiger partial charge on any atom is -0.408 e. The van der Waals surface area contributed by atoms with Crippen LogP contribution in [0.2, 0.25) is 0 Å². The Labute approximate surface area is 129 Å². The van der Waals surface area contributed by atoms with Gasteiger partial charge in [-0.05, 0) is 26.7 Å². The summed E-state index contributed by atoms with van der Waals surface area (Å²) in [5, 5.41) is 7.64. The summed E-state index contributed by atoms with van der Waals surface area (Å²) in [6.45, 7) is 6.72. The summed E-state index contributed by atoms with van der Waals surface area (Å²) in [4.78, 5) is 16.4. The Balaban J connectivity index is 1.55. The molecule has 2 atom stereocenters. The molecule has 0 aliphatic carbocycles. The van der Waals surface area contributed by atoms with E-state index in [0.29, 0.717) is 32.1 Å². The van der Waals surface area contributed by atoms with Crippen LogP contribution in [0, 0.1) is 0 Å². The number of morpholine rings is 1. The molecule has 122 valence electrons. The van der Waals surface area contributed by atoms with Gasteiger partial charge in [-0.15, -0.1) is 5.10 Å². The van der Waals surface area contributed by atoms with Gasteiger partial charge in [0.25, 0.3) is 0 Å². The number of rotatable bonds is 1. The van der Waals surface area contributed by atoms with Crippen LogP contribution >= 0.6 is 0 Å². The lowest BCUT2D eigenvalue weighted by Gasteiger charge is -2.40. The minimum absolute atomic E-state index is 0.0895. The highest BCUT2D eigenvalue weighted by Gasteiger charge is 2.32. The van der Waals surface area contributed by atoms with Gasteiger partial charge in [-0.25, -0.2) is 4.79 Å². The number of carbonyl (C=O) groups is 1. The molecule has 1 aromatic rings. The number of aromatic nitrogens is 2. The maximum Gasteiger partial charge on any atom is 0.320 e. The van der Waals surface area contributed by atoms with Crippen molar-refractivity contribution < 1.29 is 13.9 Å². The lowest BCUT2D eigenvalue weighted by Crippen LogP contribution is -2.54. The number of likely N-dealkylation sites (tertiary alicyclic amines) is 1. The Hall–Kier alpha value is -1.83. The van der Waals surface area contributed by atoms with Crippen LogP contribution in [0.3, 0.4) is 0 Å². The SMILES string of the molecule is C[C@@H]1CN(C(=O)N2CCC(c3nnc(N)o3)CC2)C[C@H](C)O1. The zero-order valence-corrected chi connectivity index (χ0v) is 13.1. The fourth-order valence-corrected chi connectivity index (χ4v) is 3.26. The number of nitrogens with two attached hydrogens (primary N) is 1. The van der Waals surface area contributed by atoms with Crippen LogP contribution in [0.1, 0.15) is 38.5 Å². The summed E-state index contributed by atoms with van der Waals surface area (Å²) in [6.07, 6.45) is 1.82. The van der Waals surface area contributed by atoms with Crippen LogP contribution < -0.4 is 5.73 Å². The molecule has 0 saturated carbocycles. The Morgan fingerprint density at radius 3 is 2.32 bits per heavy atom. The van der Waals surface area contributed by atoms with Gasteiger partial charge in [0.2, 0.25) is 5.89 Å². The predicted molar refractivity (Wildman–Crippen MR) is 79.2 cm³/mol. The van der Waals surface area contributed by atoms with Crippen molar-refractivity contribution in [2.45, 2.75) is 44.8 Å². The van der Waals surface area contributed by atoms with Crippen molar-refractivity contribution in [3.63, 3.8) is 0 Å². The summed E-state index contributed by atoms with van der Waals surface area (Å²) in [5.41, 5.74) is 5.46. The molecule has 2 aliphatic heterocycles. The lowest BCUT2D eigenvalue weighted by molar-refractivity contribution is -0.0587. The second-order valence-electron chi connectivity index (χ2n) is 6.18. The molecule has 2 aliphatic rings. The van der Waals surface area contributed by atoms with Crippen molar-refractivity contribution in [2.75, 3.05) is 31.9 Å². The Kier molecular flexibility index (Phi) is 4.19. The molecule has 1 aromatic heterocycles. The smallest absolute Gasteiger partial charge is 0.320 e. The van der Waals surface area contributed by atoms with Crippen molar-refractivity contribution >= 4 is 12.0 Å². The highest BCUT2D eigenvalue weighted by Crippen LogP contribution is 2.28. The van der Waals surface area contributed by atoms with Gasteiger partial charge in [0.15, 0.2) is 0 Å². The molecule has 22 heavy (non-hydrogen) atoms. The average molecular weight is 309 g/mol. The van der Waals surface area contributed by atoms with E-state index >= 15 is 0 Å². The maximum atomic E-state index is 12.6. The largest absolute Gasteiger partial charge is 0.408 e. The third kappa shape index (κ3) is 3.16. The number of carbonyl (C=O) groups excluding carboxylic acids is 1. The Bertz CT molecular complexity index is 516. The minimum atomic E-state index is 0.0895. The number of nitrogen functional groups attached to an aromatic ring is 1. The van der Waals surface area contributed by atoms with Crippen molar-refractivity contribution in [1.82, 2.24) is 20.0 Å². The van der Waals surface area contributed by atoms with E-state index in [1.54, 1.807) is 0 Å². The van der Waals surface area contributed by atoms with E-state index in [1.807, 2.05) is 23.6 Å². The normalized spacial score (nSPS) is 27.2. The molecule has 3 heterocycles. The molecule has 0 bridgehead atoms. The average Bonchev–Trinajstić information content (AvgIpc) is 2.92. The van der Waals surface area contributed by atoms with Gasteiger partial charge in [0.05, 0.1) is 12.2 Å². The number of amides is 2. The molecular weight excluding hydrogens is 286 g/mol. The zero-order chi connectivity index (χ0) is 15.7. The van der Waals surface area contributed by atoms with E-state index in [4.69, 9.17) is 14.9 Å². The maximum absolute atomic E-state index is 12.6. The molecule has 2 N–H and O–H groups in total. The molecule has 0 unspecified atom stereocenters. The molecule has 8 heteroatoms. The quantitative estimate of drug-likeness (QED) is 0.833. The predicted octanol–water partition coefficient (Wildman–Crippen LogP) is 1.06. The first kappa shape index (κ1) is 15.1. The van der Waals surface area contributed by atoms with Crippen LogP contribution in [0.25, 0.3) is 0 Å². The first-order valence-corrected chi connectivity index (χ1v) is 7.81. The fourth-order valence-electron chi connectivity index (χ4n) is 3.26. The fraction of sp³-hybridized carbons (Fsp3) is 0.786. The van der Waals surface area contributed by atoms with Gasteiger partial charge in [0.1, 0.15) is 0 Å². The summed E-state index contributed by atoms with van der Waals surface area (Å²) in [6, 6.07) is 0.204. The Morgan fingerprint density at radius 1 is 1.14 bits per heavy atom. The summed E-state index contributed by atoms with van der Waals surface area (Å²) in [5.74, 6) is 0.773. The van der Waals surface area contributed by atoms with Gasteiger partial charge in [-0.3, -0.25) is 0 Å². The number of piperidine rings is 1. The summed E-state index contributed by atoms with van der Waals surface area (Å²) in [7, 11) is 0. The lowest BCUT2D eigenvalue weighted by atomic mass is 9.97. The number of nitrogens with zero attached hydrogens (tertiary/aromatic N) is 4. The highest BCUT2D eigenvalue weighted by atomic mass is 16.5. The molecular formula is C14H23N5O3. The third-order valence-electron chi connectivity index (χ3n) is 4.26. The number of urea groups is 1. The molecule has 3 rings (SSSR count). The number of ether oxygens (including phenoxy) is 1. The van der Waals surface area contributed by atoms with Gasteiger partial charge < -0.3 is 24.7 Å². The summed E-state index contributed by atoms with van der Waals surface area (Å²) >= 11 is 0. The van der Waals surface area contributed by atoms with Crippen LogP contribution in [-0.4, -0.2) is 64.4 Å². The van der Waals surface area contributed by atoms with E-state index < -0.39 is 0 Å². The molecule has 0 aromatic carbocycles. The van der Waals surface area contributed by atoms with Gasteiger partial charge in [-0.2, -0.15) is 0 Å². The third-order valence-corrected chi connectivity index (χ3v) is 4.26. The van der Waals surface area contributed by atoms with Gasteiger partial charge in [-0.1, -0.05) is 5.10 Å². The van der Waals surface area contributed by atoms with Crippen LogP contribution in [0.15, 0.2) is 4.42 Å². The van der Waals surface area contributed by atoms with Crippen LogP contribution in [0.4, 0.5) is 10.8 Å². The van der Waals surface area contributed by atoms with Gasteiger partial charge >= 0.3 is 12.0 Å². The molecule has 2 saturated heterocycles. The van der Waals surface area contributed by atoms with Crippen LogP contribution in [0.5, 0.6) is 0 Å². The first-order chi connectivity index (χ1) is 10.5. The number of hydrogen-bond acceptors (Lipinski definition) is 6. The summed E-state index contributed by atoms with van der Waals surface area (Å²) < 4.78 is 11.0. The van der Waals surface area contributed by atoms with E-state index in [1.165, 1.54) is 0 Å². The monoisotopic (exact) mass is 309 g/mol.